The molecular weight excluding hydrogens is 523 g/mol. The third-order valence-corrected chi connectivity index (χ3v) is 11.1. The van der Waals surface area contributed by atoms with Gasteiger partial charge in [-0.3, -0.25) is 9.59 Å². The number of benzene rings is 5. The molecule has 0 amide bonds. The largest absolute Gasteiger partial charge is 0.285 e. The Morgan fingerprint density at radius 1 is 0.564 bits per heavy atom. The first kappa shape index (κ1) is 26.4. The molecule has 1 atom stereocenters. The van der Waals surface area contributed by atoms with Gasteiger partial charge < -0.3 is 0 Å². The molecule has 0 N–H and O–H groups in total. The molecule has 0 fully saturated rings. The van der Waals surface area contributed by atoms with E-state index >= 15 is 0 Å². The van der Waals surface area contributed by atoms with Crippen molar-refractivity contribution in [3.8, 4) is 0 Å². The van der Waals surface area contributed by atoms with Crippen LogP contribution in [-0.2, 0) is 4.79 Å². The van der Waals surface area contributed by atoms with Crippen molar-refractivity contribution >= 4 is 52.0 Å². The van der Waals surface area contributed by atoms with Crippen LogP contribution in [-0.4, -0.2) is 17.3 Å². The molecule has 0 saturated carbocycles. The Balaban J connectivity index is 1.81. The van der Waals surface area contributed by atoms with Gasteiger partial charge in [0.15, 0.2) is 0 Å². The van der Waals surface area contributed by atoms with Crippen LogP contribution < -0.4 is 15.9 Å². The average Bonchev–Trinajstić information content (AvgIpc) is 3.01. The van der Waals surface area contributed by atoms with E-state index < -0.39 is 24.6 Å². The van der Waals surface area contributed by atoms with Crippen molar-refractivity contribution in [2.75, 3.05) is 0 Å². The first-order valence-corrected chi connectivity index (χ1v) is 14.7. The highest BCUT2D eigenvalue weighted by atomic mass is 35.5. The summed E-state index contributed by atoms with van der Waals surface area (Å²) in [5, 5.41) is 12.6. The van der Waals surface area contributed by atoms with E-state index in [2.05, 4.69) is 5.11 Å². The lowest BCUT2D eigenvalue weighted by atomic mass is 10.1. The van der Waals surface area contributed by atoms with Gasteiger partial charge in [-0.15, -0.1) is 5.11 Å². The van der Waals surface area contributed by atoms with E-state index in [1.807, 2.05) is 97.1 Å². The highest BCUT2D eigenvalue weighted by molar-refractivity contribution is 7.97. The van der Waals surface area contributed by atoms with Gasteiger partial charge in [-0.05, 0) is 60.7 Å². The maximum atomic E-state index is 14.4. The lowest BCUT2D eigenvalue weighted by Crippen LogP contribution is -2.43. The molecular formula is C33H25ClN2O2P+. The number of hydrogen-bond acceptors (Lipinski definition) is 4. The summed E-state index contributed by atoms with van der Waals surface area (Å²) in [5.41, 5.74) is 0.859. The van der Waals surface area contributed by atoms with Crippen LogP contribution in [0.3, 0.4) is 0 Å². The number of halogens is 1. The summed E-state index contributed by atoms with van der Waals surface area (Å²) < 4.78 is 0. The van der Waals surface area contributed by atoms with Gasteiger partial charge in [0.05, 0.1) is 5.69 Å². The maximum absolute atomic E-state index is 14.4. The van der Waals surface area contributed by atoms with E-state index in [-0.39, 0.29) is 0 Å². The Labute approximate surface area is 233 Å². The fraction of sp³-hybridized carbons (Fsp3) is 0.0303. The lowest BCUT2D eigenvalue weighted by Gasteiger charge is -2.30. The molecule has 0 aromatic heterocycles. The monoisotopic (exact) mass is 547 g/mol. The number of Topliss-reactive ketones (excluding diaryl/α,β-unsaturated/α-hetero) is 2. The zero-order valence-corrected chi connectivity index (χ0v) is 22.6. The minimum Gasteiger partial charge on any atom is -0.285 e. The molecule has 0 aliphatic heterocycles. The molecule has 5 rings (SSSR count). The van der Waals surface area contributed by atoms with Crippen molar-refractivity contribution in [3.63, 3.8) is 0 Å². The van der Waals surface area contributed by atoms with Gasteiger partial charge >= 0.3 is 0 Å². The highest BCUT2D eigenvalue weighted by Crippen LogP contribution is 2.60. The van der Waals surface area contributed by atoms with Gasteiger partial charge in [0, 0.05) is 10.6 Å². The summed E-state index contributed by atoms with van der Waals surface area (Å²) in [7, 11) is -2.90. The van der Waals surface area contributed by atoms with Crippen molar-refractivity contribution < 1.29 is 9.59 Å². The number of rotatable bonds is 9. The topological polar surface area (TPSA) is 58.9 Å². The zero-order chi connectivity index (χ0) is 27.1. The second-order valence-corrected chi connectivity index (χ2v) is 12.8. The predicted octanol–water partition coefficient (Wildman–Crippen LogP) is 7.20. The minimum absolute atomic E-state index is 0.321. The Hall–Kier alpha value is -4.24. The number of carbonyl (C=O) groups is 2. The summed E-state index contributed by atoms with van der Waals surface area (Å²) in [6, 6.07) is 45.1. The smallest absolute Gasteiger partial charge is 0.268 e. The molecule has 0 aliphatic carbocycles. The van der Waals surface area contributed by atoms with Crippen molar-refractivity contribution in [3.05, 3.63) is 156 Å². The molecule has 0 unspecified atom stereocenters. The molecule has 4 nitrogen and oxygen atoms in total. The van der Waals surface area contributed by atoms with Gasteiger partial charge in [-0.25, -0.2) is 0 Å². The molecule has 5 aromatic carbocycles. The van der Waals surface area contributed by atoms with Gasteiger partial charge in [0.25, 0.3) is 11.6 Å². The molecule has 0 aliphatic rings. The number of carbonyl (C=O) groups excluding carboxylic acids is 2. The quantitative estimate of drug-likeness (QED) is 0.0848. The zero-order valence-electron chi connectivity index (χ0n) is 21.0. The predicted molar refractivity (Wildman–Crippen MR) is 161 cm³/mol. The third kappa shape index (κ3) is 5.49. The molecule has 0 heterocycles. The van der Waals surface area contributed by atoms with Crippen LogP contribution in [0, 0.1) is 0 Å². The Bertz CT molecular complexity index is 1480. The van der Waals surface area contributed by atoms with E-state index in [1.54, 1.807) is 48.5 Å². The second kappa shape index (κ2) is 12.1. The van der Waals surface area contributed by atoms with Crippen LogP contribution >= 0.6 is 18.9 Å². The summed E-state index contributed by atoms with van der Waals surface area (Å²) in [4.78, 5) is 28.1. The number of azo groups is 1. The standard InChI is InChI=1S/C33H25ClN2O2P/c34-26-21-23-27(24-22-26)35-36-33(32(38)31(37)25-13-5-1-6-14-25)39(28-15-7-2-8-16-28,29-17-9-3-10-18-29)30-19-11-4-12-20-30/h1-24,33H/q+1/t33-/m1/s1. The number of hydrogen-bond donors (Lipinski definition) is 0. The van der Waals surface area contributed by atoms with Crippen LogP contribution in [0.1, 0.15) is 10.4 Å². The normalized spacial score (nSPS) is 12.2. The molecule has 0 spiro atoms. The van der Waals surface area contributed by atoms with Crippen LogP contribution in [0.2, 0.25) is 5.02 Å². The van der Waals surface area contributed by atoms with Crippen LogP contribution in [0.4, 0.5) is 5.69 Å². The first-order valence-electron chi connectivity index (χ1n) is 12.5. The van der Waals surface area contributed by atoms with E-state index in [0.717, 1.165) is 15.9 Å². The van der Waals surface area contributed by atoms with E-state index in [9.17, 15) is 9.59 Å². The number of nitrogens with zero attached hydrogens (tertiary/aromatic N) is 2. The minimum atomic E-state index is -2.90. The molecule has 0 saturated heterocycles. The van der Waals surface area contributed by atoms with Gasteiger partial charge in [-0.1, -0.05) is 96.5 Å². The van der Waals surface area contributed by atoms with Crippen LogP contribution in [0.15, 0.2) is 156 Å². The molecule has 190 valence electrons. The molecule has 39 heavy (non-hydrogen) atoms. The third-order valence-electron chi connectivity index (χ3n) is 6.46. The Morgan fingerprint density at radius 3 is 1.41 bits per heavy atom. The van der Waals surface area contributed by atoms with Gasteiger partial charge in [-0.2, -0.15) is 5.11 Å². The van der Waals surface area contributed by atoms with Crippen LogP contribution in [0.25, 0.3) is 0 Å². The molecule has 0 bridgehead atoms. The summed E-state index contributed by atoms with van der Waals surface area (Å²) in [6.45, 7) is 0. The maximum Gasteiger partial charge on any atom is 0.268 e. The van der Waals surface area contributed by atoms with Gasteiger partial charge in [0.2, 0.25) is 5.78 Å². The first-order chi connectivity index (χ1) is 19.1. The average molecular weight is 548 g/mol. The highest BCUT2D eigenvalue weighted by Gasteiger charge is 2.57. The Morgan fingerprint density at radius 2 is 0.974 bits per heavy atom. The SMILES string of the molecule is O=C(C(=O)[C@H](N=Nc1ccc(Cl)cc1)[P+](c1ccccc1)(c1ccccc1)c1ccccc1)c1ccccc1. The van der Waals surface area contributed by atoms with Gasteiger partial charge in [0.1, 0.15) is 23.2 Å². The van der Waals surface area contributed by atoms with Crippen molar-refractivity contribution in [2.45, 2.75) is 5.78 Å². The van der Waals surface area contributed by atoms with E-state index in [1.165, 1.54) is 0 Å². The van der Waals surface area contributed by atoms with Crippen molar-refractivity contribution in [1.82, 2.24) is 0 Å². The fourth-order valence-corrected chi connectivity index (χ4v) is 9.11. The fourth-order valence-electron chi connectivity index (χ4n) is 4.64. The summed E-state index contributed by atoms with van der Waals surface area (Å²) in [5.74, 6) is -2.31. The lowest BCUT2D eigenvalue weighted by molar-refractivity contribution is -0.114. The molecule has 6 heteroatoms. The van der Waals surface area contributed by atoms with E-state index in [0.29, 0.717) is 16.3 Å². The summed E-state index contributed by atoms with van der Waals surface area (Å²) in [6.07, 6.45) is 0. The number of ketones is 2. The molecule has 0 radical (unpaired) electrons. The van der Waals surface area contributed by atoms with E-state index in [4.69, 9.17) is 16.7 Å². The van der Waals surface area contributed by atoms with Crippen LogP contribution in [0.5, 0.6) is 0 Å². The summed E-state index contributed by atoms with van der Waals surface area (Å²) >= 11 is 6.08. The van der Waals surface area contributed by atoms with Crippen molar-refractivity contribution in [1.29, 1.82) is 0 Å². The van der Waals surface area contributed by atoms with Crippen molar-refractivity contribution in [2.24, 2.45) is 10.2 Å². The molecule has 5 aromatic rings. The Kier molecular flexibility index (Phi) is 8.17. The second-order valence-electron chi connectivity index (χ2n) is 8.85.